The lowest BCUT2D eigenvalue weighted by molar-refractivity contribution is -0.161. The van der Waals surface area contributed by atoms with Crippen LogP contribution in [0.1, 0.15) is 60.8 Å². The third-order valence-electron chi connectivity index (χ3n) is 3.99. The van der Waals surface area contributed by atoms with Crippen LogP contribution in [0.15, 0.2) is 0 Å². The van der Waals surface area contributed by atoms with E-state index in [1.165, 1.54) is 4.90 Å². The number of methoxy groups -OCH3 is 1. The zero-order chi connectivity index (χ0) is 23.3. The van der Waals surface area contributed by atoms with Crippen LogP contribution in [0.3, 0.4) is 0 Å². The number of ether oxygens (including phenoxy) is 3. The molecule has 1 aliphatic rings. The minimum Gasteiger partial charge on any atom is -0.463 e. The third-order valence-corrected chi connectivity index (χ3v) is 3.99. The van der Waals surface area contributed by atoms with Crippen molar-refractivity contribution in [2.45, 2.75) is 84.1 Å². The summed E-state index contributed by atoms with van der Waals surface area (Å²) in [7, 11) is 1.04. The molecule has 0 saturated carbocycles. The van der Waals surface area contributed by atoms with Crippen LogP contribution in [-0.2, 0) is 33.4 Å². The molecule has 1 heterocycles. The second-order valence-electron chi connectivity index (χ2n) is 9.05. The third kappa shape index (κ3) is 8.00. The summed E-state index contributed by atoms with van der Waals surface area (Å²) >= 11 is 0. The Bertz CT molecular complexity index is 690. The Morgan fingerprint density at radius 3 is 2.07 bits per heavy atom. The summed E-state index contributed by atoms with van der Waals surface area (Å²) in [5.74, 6) is -3.61. The first-order valence-electron chi connectivity index (χ1n) is 9.78. The molecule has 0 aromatic carbocycles. The maximum absolute atomic E-state index is 12.8. The Hall–Kier alpha value is -2.65. The molecule has 1 fully saturated rings. The molecule has 0 unspecified atom stereocenters. The zero-order valence-corrected chi connectivity index (χ0v) is 18.7. The lowest BCUT2D eigenvalue weighted by atomic mass is 10.1. The maximum atomic E-state index is 12.8. The van der Waals surface area contributed by atoms with Gasteiger partial charge >= 0.3 is 18.0 Å². The van der Waals surface area contributed by atoms with E-state index in [4.69, 9.17) is 9.47 Å². The van der Waals surface area contributed by atoms with Gasteiger partial charge in [-0.25, -0.2) is 14.4 Å². The number of amides is 2. The molecule has 170 valence electrons. The summed E-state index contributed by atoms with van der Waals surface area (Å²) < 4.78 is 15.0. The van der Waals surface area contributed by atoms with Gasteiger partial charge in [-0.1, -0.05) is 0 Å². The molecule has 10 heteroatoms. The van der Waals surface area contributed by atoms with Crippen LogP contribution in [0.2, 0.25) is 0 Å². The van der Waals surface area contributed by atoms with Gasteiger partial charge in [0.1, 0.15) is 23.3 Å². The molecule has 2 amide bonds. The Morgan fingerprint density at radius 1 is 1.00 bits per heavy atom. The minimum absolute atomic E-state index is 0.325. The van der Waals surface area contributed by atoms with Crippen molar-refractivity contribution in [2.24, 2.45) is 0 Å². The van der Waals surface area contributed by atoms with E-state index in [0.717, 1.165) is 7.11 Å². The van der Waals surface area contributed by atoms with Crippen molar-refractivity contribution in [1.29, 1.82) is 0 Å². The molecular formula is C20H32N2O8. The first kappa shape index (κ1) is 25.4. The molecule has 10 nitrogen and oxygen atoms in total. The lowest BCUT2D eigenvalue weighted by Gasteiger charge is -2.29. The van der Waals surface area contributed by atoms with Gasteiger partial charge in [0.25, 0.3) is 0 Å². The van der Waals surface area contributed by atoms with E-state index >= 15 is 0 Å². The Morgan fingerprint density at radius 2 is 1.57 bits per heavy atom. The van der Waals surface area contributed by atoms with Crippen LogP contribution in [0.5, 0.6) is 0 Å². The van der Waals surface area contributed by atoms with Gasteiger partial charge in [-0.3, -0.25) is 14.5 Å². The molecular weight excluding hydrogens is 396 g/mol. The van der Waals surface area contributed by atoms with Crippen molar-refractivity contribution in [3.05, 3.63) is 0 Å². The number of ketones is 1. The van der Waals surface area contributed by atoms with Crippen LogP contribution in [0, 0.1) is 0 Å². The number of carbonyl (C=O) groups is 5. The Kier molecular flexibility index (Phi) is 8.38. The average molecular weight is 428 g/mol. The van der Waals surface area contributed by atoms with Crippen LogP contribution in [-0.4, -0.2) is 71.6 Å². The smallest absolute Gasteiger partial charge is 0.410 e. The molecule has 0 aromatic rings. The van der Waals surface area contributed by atoms with Crippen LogP contribution < -0.4 is 5.32 Å². The van der Waals surface area contributed by atoms with Gasteiger partial charge in [0.15, 0.2) is 0 Å². The first-order valence-corrected chi connectivity index (χ1v) is 9.78. The highest BCUT2D eigenvalue weighted by Crippen LogP contribution is 2.21. The molecule has 1 N–H and O–H groups in total. The predicted molar refractivity (Wildman–Crippen MR) is 105 cm³/mol. The molecule has 0 radical (unpaired) electrons. The molecule has 2 atom stereocenters. The predicted octanol–water partition coefficient (Wildman–Crippen LogP) is 1.34. The van der Waals surface area contributed by atoms with Gasteiger partial charge in [0.2, 0.25) is 11.7 Å². The molecule has 0 aromatic heterocycles. The largest absolute Gasteiger partial charge is 0.463 e. The van der Waals surface area contributed by atoms with Gasteiger partial charge in [-0.15, -0.1) is 0 Å². The van der Waals surface area contributed by atoms with E-state index in [1.807, 2.05) is 0 Å². The van der Waals surface area contributed by atoms with Crippen LogP contribution in [0.25, 0.3) is 0 Å². The minimum atomic E-state index is -1.40. The summed E-state index contributed by atoms with van der Waals surface area (Å²) in [6.07, 6.45) is -0.307. The fourth-order valence-corrected chi connectivity index (χ4v) is 2.80. The number of nitrogens with zero attached hydrogens (tertiary/aromatic N) is 1. The maximum Gasteiger partial charge on any atom is 0.410 e. The second kappa shape index (κ2) is 9.90. The second-order valence-corrected chi connectivity index (χ2v) is 9.05. The highest BCUT2D eigenvalue weighted by atomic mass is 16.6. The monoisotopic (exact) mass is 428 g/mol. The summed E-state index contributed by atoms with van der Waals surface area (Å²) in [5, 5.41) is 2.45. The van der Waals surface area contributed by atoms with Crippen LogP contribution >= 0.6 is 0 Å². The number of hydrogen-bond acceptors (Lipinski definition) is 8. The standard InChI is InChI=1S/C20H32N2O8/c1-19(2,3)29-16(25)12(11-14(23)17(26)28-7)21-15(24)13-9-8-10-22(13)18(27)30-20(4,5)6/h12-13H,8-11H2,1-7H3,(H,21,24)/t12-,13-/m0/s1. The summed E-state index contributed by atoms with van der Waals surface area (Å²) in [6.45, 7) is 10.4. The molecule has 0 bridgehead atoms. The van der Waals surface area contributed by atoms with E-state index in [1.54, 1.807) is 41.5 Å². The topological polar surface area (TPSA) is 128 Å². The molecule has 1 rings (SSSR count). The van der Waals surface area contributed by atoms with Gasteiger partial charge in [-0.2, -0.15) is 0 Å². The molecule has 1 aliphatic heterocycles. The number of carbonyl (C=O) groups excluding carboxylic acids is 5. The van der Waals surface area contributed by atoms with E-state index < -0.39 is 59.4 Å². The van der Waals surface area contributed by atoms with E-state index in [9.17, 15) is 24.0 Å². The van der Waals surface area contributed by atoms with Crippen molar-refractivity contribution in [2.75, 3.05) is 13.7 Å². The Labute approximate surface area is 176 Å². The fourth-order valence-electron chi connectivity index (χ4n) is 2.80. The van der Waals surface area contributed by atoms with E-state index in [-0.39, 0.29) is 0 Å². The quantitative estimate of drug-likeness (QED) is 0.381. The zero-order valence-electron chi connectivity index (χ0n) is 18.7. The van der Waals surface area contributed by atoms with Crippen LogP contribution in [0.4, 0.5) is 4.79 Å². The SMILES string of the molecule is COC(=O)C(=O)C[C@H](NC(=O)[C@@H]1CCCN1C(=O)OC(C)(C)C)C(=O)OC(C)(C)C. The number of esters is 2. The fraction of sp³-hybridized carbons (Fsp3) is 0.750. The number of Topliss-reactive ketones (excluding diaryl/α,β-unsaturated/α-hetero) is 1. The van der Waals surface area contributed by atoms with Crippen molar-refractivity contribution in [1.82, 2.24) is 10.2 Å². The number of nitrogens with one attached hydrogen (secondary N) is 1. The molecule has 0 spiro atoms. The van der Waals surface area contributed by atoms with Crippen molar-refractivity contribution in [3.63, 3.8) is 0 Å². The summed E-state index contributed by atoms with van der Waals surface area (Å²) in [6, 6.07) is -2.26. The lowest BCUT2D eigenvalue weighted by Crippen LogP contribution is -2.53. The number of rotatable bonds is 6. The number of likely N-dealkylation sites (tertiary alicyclic amines) is 1. The van der Waals surface area contributed by atoms with Gasteiger partial charge in [0, 0.05) is 13.0 Å². The average Bonchev–Trinajstić information content (AvgIpc) is 3.07. The highest BCUT2D eigenvalue weighted by molar-refractivity contribution is 6.34. The van der Waals surface area contributed by atoms with Crippen molar-refractivity contribution >= 4 is 29.7 Å². The first-order chi connectivity index (χ1) is 13.6. The van der Waals surface area contributed by atoms with E-state index in [0.29, 0.717) is 19.4 Å². The van der Waals surface area contributed by atoms with Crippen molar-refractivity contribution < 1.29 is 38.2 Å². The number of hydrogen-bond donors (Lipinski definition) is 1. The van der Waals surface area contributed by atoms with E-state index in [2.05, 4.69) is 10.1 Å². The normalized spacial score (nSPS) is 17.7. The van der Waals surface area contributed by atoms with Gasteiger partial charge in [0.05, 0.1) is 7.11 Å². The summed E-state index contributed by atoms with van der Waals surface area (Å²) in [4.78, 5) is 62.5. The Balaban J connectivity index is 2.96. The molecule has 1 saturated heterocycles. The van der Waals surface area contributed by atoms with Gasteiger partial charge < -0.3 is 19.5 Å². The molecule has 0 aliphatic carbocycles. The highest BCUT2D eigenvalue weighted by Gasteiger charge is 2.39. The van der Waals surface area contributed by atoms with Gasteiger partial charge in [-0.05, 0) is 54.4 Å². The molecule has 30 heavy (non-hydrogen) atoms. The summed E-state index contributed by atoms with van der Waals surface area (Å²) in [5.41, 5.74) is -1.60. The van der Waals surface area contributed by atoms with Crippen molar-refractivity contribution in [3.8, 4) is 0 Å².